The van der Waals surface area contributed by atoms with Crippen LogP contribution in [-0.4, -0.2) is 54.6 Å². The first-order chi connectivity index (χ1) is 12.3. The third-order valence-electron chi connectivity index (χ3n) is 3.74. The highest BCUT2D eigenvalue weighted by atomic mass is 16.5. The van der Waals surface area contributed by atoms with E-state index in [-0.39, 0.29) is 30.4 Å². The van der Waals surface area contributed by atoms with Crippen molar-refractivity contribution in [3.05, 3.63) is 41.6 Å². The van der Waals surface area contributed by atoms with Crippen molar-refractivity contribution in [2.24, 2.45) is 0 Å². The Bertz CT molecular complexity index is 676. The fourth-order valence-electron chi connectivity index (χ4n) is 2.73. The predicted molar refractivity (Wildman–Crippen MR) is 95.8 cm³/mol. The molecule has 1 aromatic rings. The monoisotopic (exact) mass is 360 g/mol. The van der Waals surface area contributed by atoms with Gasteiger partial charge in [0.2, 0.25) is 5.91 Å². The van der Waals surface area contributed by atoms with Crippen LogP contribution in [0.3, 0.4) is 0 Å². The number of nitrogens with zero attached hydrogens (tertiary/aromatic N) is 1. The largest absolute Gasteiger partial charge is 0.451 e. The second-order valence-corrected chi connectivity index (χ2v) is 6.28. The molecule has 1 aliphatic rings. The Morgan fingerprint density at radius 2 is 1.81 bits per heavy atom. The van der Waals surface area contributed by atoms with E-state index >= 15 is 0 Å². The van der Waals surface area contributed by atoms with Crippen molar-refractivity contribution in [3.63, 3.8) is 0 Å². The molecule has 1 heterocycles. The zero-order valence-corrected chi connectivity index (χ0v) is 15.2. The molecule has 140 valence electrons. The summed E-state index contributed by atoms with van der Waals surface area (Å²) in [7, 11) is 0. The lowest BCUT2D eigenvalue weighted by atomic mass is 10.2. The first-order valence-corrected chi connectivity index (χ1v) is 8.50. The van der Waals surface area contributed by atoms with Crippen LogP contribution in [0.5, 0.6) is 0 Å². The van der Waals surface area contributed by atoms with Gasteiger partial charge in [0.25, 0.3) is 5.91 Å². The summed E-state index contributed by atoms with van der Waals surface area (Å²) in [4.78, 5) is 37.6. The number of hydrogen-bond donors (Lipinski definition) is 1. The second-order valence-electron chi connectivity index (χ2n) is 6.28. The fraction of sp³-hybridized carbons (Fsp3) is 0.421. The SMILES string of the molecule is CC(=O)N/C(=C\c1ccccc1)C(=O)OCC(=O)N1C[C@H](C)O[C@@H](C)C1. The van der Waals surface area contributed by atoms with E-state index in [1.165, 1.54) is 13.0 Å². The Hall–Kier alpha value is -2.67. The number of benzene rings is 1. The lowest BCUT2D eigenvalue weighted by Gasteiger charge is -2.35. The van der Waals surface area contributed by atoms with Gasteiger partial charge in [0.1, 0.15) is 5.70 Å². The molecule has 7 nitrogen and oxygen atoms in total. The van der Waals surface area contributed by atoms with Gasteiger partial charge in [-0.1, -0.05) is 30.3 Å². The van der Waals surface area contributed by atoms with Crippen LogP contribution in [0, 0.1) is 0 Å². The average Bonchev–Trinajstić information content (AvgIpc) is 2.58. The normalized spacial score (nSPS) is 20.4. The molecule has 2 amide bonds. The quantitative estimate of drug-likeness (QED) is 0.633. The number of morpholine rings is 1. The molecule has 0 aliphatic carbocycles. The van der Waals surface area contributed by atoms with Crippen molar-refractivity contribution in [3.8, 4) is 0 Å². The lowest BCUT2D eigenvalue weighted by Crippen LogP contribution is -2.49. The van der Waals surface area contributed by atoms with Crippen LogP contribution in [0.25, 0.3) is 6.08 Å². The summed E-state index contributed by atoms with van der Waals surface area (Å²) in [5.74, 6) is -1.44. The molecule has 1 aromatic carbocycles. The molecule has 26 heavy (non-hydrogen) atoms. The zero-order chi connectivity index (χ0) is 19.1. The molecule has 1 N–H and O–H groups in total. The Morgan fingerprint density at radius 1 is 1.19 bits per heavy atom. The number of carbonyl (C=O) groups excluding carboxylic acids is 3. The van der Waals surface area contributed by atoms with E-state index in [4.69, 9.17) is 9.47 Å². The van der Waals surface area contributed by atoms with Crippen LogP contribution in [0.1, 0.15) is 26.3 Å². The summed E-state index contributed by atoms with van der Waals surface area (Å²) in [6, 6.07) is 9.05. The molecule has 0 spiro atoms. The third kappa shape index (κ3) is 6.00. The summed E-state index contributed by atoms with van der Waals surface area (Å²) in [5, 5.41) is 2.45. The first-order valence-electron chi connectivity index (χ1n) is 8.50. The Morgan fingerprint density at radius 3 is 2.38 bits per heavy atom. The van der Waals surface area contributed by atoms with Crippen LogP contribution >= 0.6 is 0 Å². The molecule has 7 heteroatoms. The minimum atomic E-state index is -0.758. The highest BCUT2D eigenvalue weighted by Gasteiger charge is 2.26. The van der Waals surface area contributed by atoms with Gasteiger partial charge in [-0.15, -0.1) is 0 Å². The molecule has 0 saturated carbocycles. The maximum absolute atomic E-state index is 12.3. The molecule has 0 aromatic heterocycles. The Balaban J connectivity index is 1.99. The predicted octanol–water partition coefficient (Wildman–Crippen LogP) is 1.34. The summed E-state index contributed by atoms with van der Waals surface area (Å²) in [5.41, 5.74) is 0.718. The molecule has 2 rings (SSSR count). The number of hydrogen-bond acceptors (Lipinski definition) is 5. The van der Waals surface area contributed by atoms with Crippen LogP contribution in [-0.2, 0) is 23.9 Å². The molecule has 0 bridgehead atoms. The Labute approximate surface area is 153 Å². The topological polar surface area (TPSA) is 84.9 Å². The maximum Gasteiger partial charge on any atom is 0.355 e. The molecule has 0 radical (unpaired) electrons. The zero-order valence-electron chi connectivity index (χ0n) is 15.2. The molecule has 1 aliphatic heterocycles. The van der Waals surface area contributed by atoms with Crippen LogP contribution in [0.15, 0.2) is 36.0 Å². The third-order valence-corrected chi connectivity index (χ3v) is 3.74. The summed E-state index contributed by atoms with van der Waals surface area (Å²) in [6.45, 7) is 5.61. The number of esters is 1. The molecule has 1 fully saturated rings. The van der Waals surface area contributed by atoms with Crippen molar-refractivity contribution >= 4 is 23.9 Å². The molecule has 0 unspecified atom stereocenters. The van der Waals surface area contributed by atoms with Gasteiger partial charge in [0, 0.05) is 20.0 Å². The van der Waals surface area contributed by atoms with Crippen LogP contribution in [0.2, 0.25) is 0 Å². The second kappa shape index (κ2) is 9.15. The van der Waals surface area contributed by atoms with Gasteiger partial charge < -0.3 is 19.7 Å². The van der Waals surface area contributed by atoms with Gasteiger partial charge in [0.05, 0.1) is 12.2 Å². The Kier molecular flexibility index (Phi) is 6.91. The summed E-state index contributed by atoms with van der Waals surface area (Å²) >= 11 is 0. The minimum absolute atomic E-state index is 0.0137. The van der Waals surface area contributed by atoms with E-state index in [2.05, 4.69) is 5.32 Å². The van der Waals surface area contributed by atoms with Crippen molar-refractivity contribution in [1.29, 1.82) is 0 Å². The van der Waals surface area contributed by atoms with Crippen molar-refractivity contribution in [2.75, 3.05) is 19.7 Å². The van der Waals surface area contributed by atoms with Crippen LogP contribution < -0.4 is 5.32 Å². The number of ether oxygens (including phenoxy) is 2. The van der Waals surface area contributed by atoms with E-state index in [0.717, 1.165) is 5.56 Å². The van der Waals surface area contributed by atoms with Crippen molar-refractivity contribution in [1.82, 2.24) is 10.2 Å². The smallest absolute Gasteiger partial charge is 0.355 e. The van der Waals surface area contributed by atoms with E-state index in [1.807, 2.05) is 32.0 Å². The number of amides is 2. The van der Waals surface area contributed by atoms with Gasteiger partial charge in [-0.25, -0.2) is 4.79 Å². The van der Waals surface area contributed by atoms with E-state index in [0.29, 0.717) is 13.1 Å². The van der Waals surface area contributed by atoms with Gasteiger partial charge in [-0.05, 0) is 25.5 Å². The number of carbonyl (C=O) groups is 3. The summed E-state index contributed by atoms with van der Waals surface area (Å²) in [6.07, 6.45) is 1.38. The number of nitrogens with one attached hydrogen (secondary N) is 1. The molecule has 2 atom stereocenters. The van der Waals surface area contributed by atoms with Gasteiger partial charge in [-0.2, -0.15) is 0 Å². The van der Waals surface area contributed by atoms with Gasteiger partial charge in [-0.3, -0.25) is 9.59 Å². The van der Waals surface area contributed by atoms with Crippen LogP contribution in [0.4, 0.5) is 0 Å². The summed E-state index contributed by atoms with van der Waals surface area (Å²) < 4.78 is 10.7. The fourth-order valence-corrected chi connectivity index (χ4v) is 2.73. The lowest BCUT2D eigenvalue weighted by molar-refractivity contribution is -0.155. The van der Waals surface area contributed by atoms with E-state index < -0.39 is 11.9 Å². The van der Waals surface area contributed by atoms with E-state index in [9.17, 15) is 14.4 Å². The minimum Gasteiger partial charge on any atom is -0.451 e. The molecular formula is C19H24N2O5. The van der Waals surface area contributed by atoms with Gasteiger partial charge >= 0.3 is 5.97 Å². The average molecular weight is 360 g/mol. The number of rotatable bonds is 5. The van der Waals surface area contributed by atoms with Crippen molar-refractivity contribution in [2.45, 2.75) is 33.0 Å². The van der Waals surface area contributed by atoms with Gasteiger partial charge in [0.15, 0.2) is 6.61 Å². The molecular weight excluding hydrogens is 336 g/mol. The first kappa shape index (κ1) is 19.7. The highest BCUT2D eigenvalue weighted by molar-refractivity contribution is 5.98. The standard InChI is InChI=1S/C19H24N2O5/c1-13-10-21(11-14(2)26-13)18(23)12-25-19(24)17(20-15(3)22)9-16-7-5-4-6-8-16/h4-9,13-14H,10-12H2,1-3H3,(H,20,22)/b17-9-/t13-,14-/m0/s1. The maximum atomic E-state index is 12.3. The van der Waals surface area contributed by atoms with Crippen molar-refractivity contribution < 1.29 is 23.9 Å². The van der Waals surface area contributed by atoms with E-state index in [1.54, 1.807) is 17.0 Å². The highest BCUT2D eigenvalue weighted by Crippen LogP contribution is 2.11. The molecule has 1 saturated heterocycles.